The molecule has 118 valence electrons. The van der Waals surface area contributed by atoms with Gasteiger partial charge >= 0.3 is 15.3 Å². The minimum atomic E-state index is -1.53. The number of ether oxygens (including phenoxy) is 2. The maximum atomic E-state index is 11.3. The molecule has 0 atom stereocenters. The monoisotopic (exact) mass is 312 g/mol. The van der Waals surface area contributed by atoms with Crippen LogP contribution >= 0.6 is 0 Å². The van der Waals surface area contributed by atoms with Crippen molar-refractivity contribution in [3.63, 3.8) is 0 Å². The summed E-state index contributed by atoms with van der Waals surface area (Å²) in [6.45, 7) is 5.98. The van der Waals surface area contributed by atoms with Gasteiger partial charge < -0.3 is 18.3 Å². The highest BCUT2D eigenvalue weighted by Crippen LogP contribution is 2.13. The van der Waals surface area contributed by atoms with Crippen molar-refractivity contribution >= 4 is 15.3 Å². The molecule has 1 rings (SSSR count). The van der Waals surface area contributed by atoms with Gasteiger partial charge in [0.15, 0.2) is 0 Å². The predicted octanol–water partition coefficient (Wildman–Crippen LogP) is 2.54. The number of carbonyl (C=O) groups excluding carboxylic acids is 1. The molecule has 0 aliphatic rings. The third-order valence-electron chi connectivity index (χ3n) is 2.83. The smallest absolute Gasteiger partial charge is 0.337 e. The van der Waals surface area contributed by atoms with Crippen LogP contribution in [0, 0.1) is 0 Å². The number of rotatable bonds is 10. The van der Waals surface area contributed by atoms with Crippen LogP contribution < -0.4 is 4.74 Å². The molecule has 0 aliphatic carbocycles. The molecule has 0 unspecified atom stereocenters. The first-order valence-corrected chi connectivity index (χ1v) is 9.01. The summed E-state index contributed by atoms with van der Waals surface area (Å²) in [5.74, 6) is 0.400. The fourth-order valence-corrected chi connectivity index (χ4v) is 3.50. The second-order valence-electron chi connectivity index (χ2n) is 4.35. The van der Waals surface area contributed by atoms with E-state index in [-0.39, 0.29) is 5.97 Å². The van der Waals surface area contributed by atoms with E-state index in [2.05, 4.69) is 4.74 Å². The van der Waals surface area contributed by atoms with Crippen molar-refractivity contribution in [3.8, 4) is 5.75 Å². The Morgan fingerprint density at radius 2 is 1.71 bits per heavy atom. The van der Waals surface area contributed by atoms with Crippen molar-refractivity contribution in [1.82, 2.24) is 0 Å². The van der Waals surface area contributed by atoms with Gasteiger partial charge in [0.25, 0.3) is 0 Å². The van der Waals surface area contributed by atoms with Crippen LogP contribution in [0.1, 0.15) is 30.6 Å². The minimum Gasteiger partial charge on any atom is -0.494 e. The Morgan fingerprint density at radius 1 is 1.10 bits per heavy atom. The van der Waals surface area contributed by atoms with Crippen LogP contribution in [0.3, 0.4) is 0 Å². The first-order valence-electron chi connectivity index (χ1n) is 7.25. The Hall–Kier alpha value is -1.37. The largest absolute Gasteiger partial charge is 0.494 e. The fourth-order valence-electron chi connectivity index (χ4n) is 1.83. The molecule has 0 saturated heterocycles. The van der Waals surface area contributed by atoms with Gasteiger partial charge in [-0.1, -0.05) is 0 Å². The van der Waals surface area contributed by atoms with E-state index in [0.29, 0.717) is 25.4 Å². The molecular weight excluding hydrogens is 288 g/mol. The van der Waals surface area contributed by atoms with Crippen LogP contribution in [0.15, 0.2) is 24.3 Å². The Balaban J connectivity index is 2.30. The van der Waals surface area contributed by atoms with E-state index >= 15 is 0 Å². The summed E-state index contributed by atoms with van der Waals surface area (Å²) in [5.41, 5.74) is 0.519. The lowest BCUT2D eigenvalue weighted by atomic mass is 10.2. The zero-order valence-electron chi connectivity index (χ0n) is 13.0. The maximum Gasteiger partial charge on any atom is 0.337 e. The Morgan fingerprint density at radius 3 is 2.24 bits per heavy atom. The molecule has 21 heavy (non-hydrogen) atoms. The molecule has 6 heteroatoms. The maximum absolute atomic E-state index is 11.3. The first-order chi connectivity index (χ1) is 10.2. The van der Waals surface area contributed by atoms with Crippen LogP contribution in [0.25, 0.3) is 0 Å². The SMILES string of the molecule is CCO[SiH](CCCOc1ccc(C(=O)OC)cc1)OCC. The number of benzene rings is 1. The highest BCUT2D eigenvalue weighted by atomic mass is 28.3. The van der Waals surface area contributed by atoms with Gasteiger partial charge in [-0.25, -0.2) is 4.79 Å². The van der Waals surface area contributed by atoms with Crippen LogP contribution in [0.2, 0.25) is 6.04 Å². The molecule has 0 fully saturated rings. The lowest BCUT2D eigenvalue weighted by Crippen LogP contribution is -2.23. The molecular formula is C15H24O5Si. The van der Waals surface area contributed by atoms with Gasteiger partial charge in [-0.05, 0) is 50.6 Å². The Kier molecular flexibility index (Phi) is 8.73. The van der Waals surface area contributed by atoms with E-state index in [9.17, 15) is 4.79 Å². The Bertz CT molecular complexity index is 401. The molecule has 5 nitrogen and oxygen atoms in total. The fraction of sp³-hybridized carbons (Fsp3) is 0.533. The summed E-state index contributed by atoms with van der Waals surface area (Å²) < 4.78 is 21.5. The van der Waals surface area contributed by atoms with Gasteiger partial charge in [0, 0.05) is 13.2 Å². The lowest BCUT2D eigenvalue weighted by molar-refractivity contribution is 0.0600. The summed E-state index contributed by atoms with van der Waals surface area (Å²) in [6, 6.07) is 7.86. The lowest BCUT2D eigenvalue weighted by Gasteiger charge is -2.14. The molecule has 1 aromatic rings. The summed E-state index contributed by atoms with van der Waals surface area (Å²) in [6.07, 6.45) is 0.898. The number of hydrogen-bond acceptors (Lipinski definition) is 5. The zero-order chi connectivity index (χ0) is 15.5. The van der Waals surface area contributed by atoms with Gasteiger partial charge in [-0.15, -0.1) is 0 Å². The average molecular weight is 312 g/mol. The molecule has 0 radical (unpaired) electrons. The minimum absolute atomic E-state index is 0.344. The van der Waals surface area contributed by atoms with E-state index in [1.807, 2.05) is 13.8 Å². The summed E-state index contributed by atoms with van der Waals surface area (Å²) in [4.78, 5) is 11.3. The molecule has 1 aromatic carbocycles. The van der Waals surface area contributed by atoms with Crippen LogP contribution in [0.5, 0.6) is 5.75 Å². The highest BCUT2D eigenvalue weighted by Gasteiger charge is 2.11. The second-order valence-corrected chi connectivity index (χ2v) is 6.45. The van der Waals surface area contributed by atoms with Crippen molar-refractivity contribution in [2.45, 2.75) is 26.3 Å². The molecule has 0 heterocycles. The van der Waals surface area contributed by atoms with Gasteiger partial charge in [-0.3, -0.25) is 0 Å². The average Bonchev–Trinajstić information content (AvgIpc) is 2.51. The summed E-state index contributed by atoms with van der Waals surface area (Å²) >= 11 is 0. The molecule has 0 aliphatic heterocycles. The highest BCUT2D eigenvalue weighted by molar-refractivity contribution is 6.44. The summed E-state index contributed by atoms with van der Waals surface area (Å²) in [5, 5.41) is 0. The normalized spacial score (nSPS) is 10.7. The second kappa shape index (κ2) is 10.4. The van der Waals surface area contributed by atoms with Crippen LogP contribution in [0.4, 0.5) is 0 Å². The van der Waals surface area contributed by atoms with Crippen molar-refractivity contribution < 1.29 is 23.1 Å². The zero-order valence-corrected chi connectivity index (χ0v) is 14.1. The van der Waals surface area contributed by atoms with E-state index in [1.54, 1.807) is 24.3 Å². The molecule has 0 spiro atoms. The van der Waals surface area contributed by atoms with Gasteiger partial charge in [-0.2, -0.15) is 0 Å². The van der Waals surface area contributed by atoms with Gasteiger partial charge in [0.2, 0.25) is 0 Å². The molecule has 0 aromatic heterocycles. The summed E-state index contributed by atoms with van der Waals surface area (Å²) in [7, 11) is -0.162. The van der Waals surface area contributed by atoms with Gasteiger partial charge in [0.05, 0.1) is 19.3 Å². The Labute approximate surface area is 128 Å². The predicted molar refractivity (Wildman–Crippen MR) is 83.1 cm³/mol. The third-order valence-corrected chi connectivity index (χ3v) is 5.12. The van der Waals surface area contributed by atoms with E-state index in [1.165, 1.54) is 7.11 Å². The standard InChI is InChI=1S/C15H24O5Si/c1-4-19-21(20-5-2)12-6-11-18-14-9-7-13(8-10-14)15(16)17-3/h7-10,21H,4-6,11-12H2,1-3H3. The molecule has 0 N–H and O–H groups in total. The van der Waals surface area contributed by atoms with Crippen molar-refractivity contribution in [2.75, 3.05) is 26.9 Å². The van der Waals surface area contributed by atoms with Gasteiger partial charge in [0.1, 0.15) is 5.75 Å². The van der Waals surface area contributed by atoms with E-state index < -0.39 is 9.28 Å². The first kappa shape index (κ1) is 17.7. The van der Waals surface area contributed by atoms with E-state index in [4.69, 9.17) is 13.6 Å². The molecule has 0 saturated carbocycles. The number of carbonyl (C=O) groups is 1. The third kappa shape index (κ3) is 6.75. The topological polar surface area (TPSA) is 54.0 Å². The quantitative estimate of drug-likeness (QED) is 0.377. The van der Waals surface area contributed by atoms with Crippen LogP contribution in [-0.4, -0.2) is 42.2 Å². The molecule has 0 bridgehead atoms. The number of methoxy groups -OCH3 is 1. The van der Waals surface area contributed by atoms with Crippen molar-refractivity contribution in [3.05, 3.63) is 29.8 Å². The number of esters is 1. The number of hydrogen-bond donors (Lipinski definition) is 0. The molecule has 0 amide bonds. The van der Waals surface area contributed by atoms with Crippen molar-refractivity contribution in [1.29, 1.82) is 0 Å². The van der Waals surface area contributed by atoms with Crippen LogP contribution in [-0.2, 0) is 13.6 Å². The van der Waals surface area contributed by atoms with Crippen molar-refractivity contribution in [2.24, 2.45) is 0 Å². The van der Waals surface area contributed by atoms with E-state index in [0.717, 1.165) is 18.2 Å².